The Labute approximate surface area is 95.2 Å². The summed E-state index contributed by atoms with van der Waals surface area (Å²) in [4.78, 5) is 1.24. The third-order valence-electron chi connectivity index (χ3n) is 2.18. The standard InChI is InChI=1S/C11H16ClNS/c1-4-14-9-5-6-10(8(2)13-3)11(12)7-9/h5-8,13H,4H2,1-3H3. The van der Waals surface area contributed by atoms with Crippen molar-refractivity contribution in [3.8, 4) is 0 Å². The van der Waals surface area contributed by atoms with Gasteiger partial charge in [0, 0.05) is 16.0 Å². The number of nitrogens with one attached hydrogen (secondary N) is 1. The fraction of sp³-hybridized carbons (Fsp3) is 0.455. The molecular weight excluding hydrogens is 214 g/mol. The molecule has 1 atom stereocenters. The van der Waals surface area contributed by atoms with Crippen molar-refractivity contribution in [3.63, 3.8) is 0 Å². The van der Waals surface area contributed by atoms with Gasteiger partial charge in [0.05, 0.1) is 0 Å². The van der Waals surface area contributed by atoms with E-state index in [4.69, 9.17) is 11.6 Å². The lowest BCUT2D eigenvalue weighted by Crippen LogP contribution is -2.12. The van der Waals surface area contributed by atoms with Gasteiger partial charge in [-0.3, -0.25) is 0 Å². The second-order valence-corrected chi connectivity index (χ2v) is 4.87. The highest BCUT2D eigenvalue weighted by Crippen LogP contribution is 2.28. The van der Waals surface area contributed by atoms with Crippen LogP contribution in [0.1, 0.15) is 25.5 Å². The van der Waals surface area contributed by atoms with Crippen molar-refractivity contribution in [1.29, 1.82) is 0 Å². The molecule has 1 nitrogen and oxygen atoms in total. The lowest BCUT2D eigenvalue weighted by atomic mass is 10.1. The van der Waals surface area contributed by atoms with Crippen molar-refractivity contribution >= 4 is 23.4 Å². The van der Waals surface area contributed by atoms with E-state index < -0.39 is 0 Å². The molecule has 0 bridgehead atoms. The normalized spacial score (nSPS) is 12.9. The van der Waals surface area contributed by atoms with Crippen molar-refractivity contribution in [2.24, 2.45) is 0 Å². The number of hydrogen-bond donors (Lipinski definition) is 1. The summed E-state index contributed by atoms with van der Waals surface area (Å²) in [6, 6.07) is 6.58. The van der Waals surface area contributed by atoms with Crippen LogP contribution >= 0.6 is 23.4 Å². The van der Waals surface area contributed by atoms with E-state index in [1.807, 2.05) is 24.9 Å². The minimum atomic E-state index is 0.308. The van der Waals surface area contributed by atoms with Gasteiger partial charge in [0.25, 0.3) is 0 Å². The van der Waals surface area contributed by atoms with Crippen molar-refractivity contribution in [2.45, 2.75) is 24.8 Å². The van der Waals surface area contributed by atoms with Gasteiger partial charge in [0.15, 0.2) is 0 Å². The maximum atomic E-state index is 6.19. The van der Waals surface area contributed by atoms with E-state index in [9.17, 15) is 0 Å². The summed E-state index contributed by atoms with van der Waals surface area (Å²) in [5.74, 6) is 1.08. The molecule has 0 fully saturated rings. The molecule has 14 heavy (non-hydrogen) atoms. The van der Waals surface area contributed by atoms with Gasteiger partial charge < -0.3 is 5.32 Å². The highest BCUT2D eigenvalue weighted by atomic mass is 35.5. The summed E-state index contributed by atoms with van der Waals surface area (Å²) >= 11 is 8.00. The van der Waals surface area contributed by atoms with Gasteiger partial charge in [-0.05, 0) is 37.4 Å². The van der Waals surface area contributed by atoms with Crippen LogP contribution in [0, 0.1) is 0 Å². The molecular formula is C11H16ClNS. The second-order valence-electron chi connectivity index (χ2n) is 3.13. The van der Waals surface area contributed by atoms with E-state index in [2.05, 4.69) is 31.3 Å². The van der Waals surface area contributed by atoms with Crippen LogP contribution in [0.5, 0.6) is 0 Å². The predicted octanol–water partition coefficient (Wildman–Crippen LogP) is 3.73. The van der Waals surface area contributed by atoms with Crippen LogP contribution in [0.4, 0.5) is 0 Å². The van der Waals surface area contributed by atoms with E-state index in [1.54, 1.807) is 0 Å². The van der Waals surface area contributed by atoms with E-state index >= 15 is 0 Å². The second kappa shape index (κ2) is 5.64. The van der Waals surface area contributed by atoms with Gasteiger partial charge in [-0.15, -0.1) is 11.8 Å². The van der Waals surface area contributed by atoms with Gasteiger partial charge in [-0.1, -0.05) is 24.6 Å². The number of rotatable bonds is 4. The summed E-state index contributed by atoms with van der Waals surface area (Å²) in [6.07, 6.45) is 0. The first-order valence-electron chi connectivity index (χ1n) is 4.78. The molecule has 0 aliphatic heterocycles. The minimum absolute atomic E-state index is 0.308. The van der Waals surface area contributed by atoms with Crippen LogP contribution in [0.15, 0.2) is 23.1 Å². The molecule has 0 aliphatic carbocycles. The molecule has 1 aromatic carbocycles. The lowest BCUT2D eigenvalue weighted by molar-refractivity contribution is 0.652. The SMILES string of the molecule is CCSc1ccc(C(C)NC)c(Cl)c1. The zero-order valence-corrected chi connectivity index (χ0v) is 10.4. The zero-order valence-electron chi connectivity index (χ0n) is 8.80. The van der Waals surface area contributed by atoms with Gasteiger partial charge in [0.2, 0.25) is 0 Å². The summed E-state index contributed by atoms with van der Waals surface area (Å²) in [5.41, 5.74) is 1.16. The molecule has 1 N–H and O–H groups in total. The first-order chi connectivity index (χ1) is 6.69. The van der Waals surface area contributed by atoms with Crippen LogP contribution in [-0.4, -0.2) is 12.8 Å². The van der Waals surface area contributed by atoms with Crippen molar-refractivity contribution in [1.82, 2.24) is 5.32 Å². The summed E-state index contributed by atoms with van der Waals surface area (Å²) in [7, 11) is 1.94. The molecule has 0 heterocycles. The van der Waals surface area contributed by atoms with Crippen LogP contribution in [0.3, 0.4) is 0 Å². The van der Waals surface area contributed by atoms with Crippen LogP contribution in [0.2, 0.25) is 5.02 Å². The Morgan fingerprint density at radius 1 is 1.50 bits per heavy atom. The van der Waals surface area contributed by atoms with Crippen molar-refractivity contribution in [3.05, 3.63) is 28.8 Å². The average Bonchev–Trinajstić information content (AvgIpc) is 2.17. The van der Waals surface area contributed by atoms with Gasteiger partial charge in [-0.2, -0.15) is 0 Å². The Balaban J connectivity index is 2.89. The fourth-order valence-electron chi connectivity index (χ4n) is 1.27. The number of benzene rings is 1. The Morgan fingerprint density at radius 2 is 2.21 bits per heavy atom. The summed E-state index contributed by atoms with van der Waals surface area (Å²) in [5, 5.41) is 4.03. The van der Waals surface area contributed by atoms with Gasteiger partial charge in [0.1, 0.15) is 0 Å². The number of halogens is 1. The van der Waals surface area contributed by atoms with Crippen molar-refractivity contribution < 1.29 is 0 Å². The van der Waals surface area contributed by atoms with Gasteiger partial charge >= 0.3 is 0 Å². The van der Waals surface area contributed by atoms with Crippen LogP contribution in [0.25, 0.3) is 0 Å². The minimum Gasteiger partial charge on any atom is -0.313 e. The summed E-state index contributed by atoms with van der Waals surface area (Å²) < 4.78 is 0. The molecule has 3 heteroatoms. The van der Waals surface area contributed by atoms with E-state index in [0.29, 0.717) is 6.04 Å². The molecule has 0 saturated carbocycles. The third kappa shape index (κ3) is 2.91. The number of thioether (sulfide) groups is 1. The Morgan fingerprint density at radius 3 is 2.71 bits per heavy atom. The molecule has 78 valence electrons. The maximum Gasteiger partial charge on any atom is 0.0464 e. The maximum absolute atomic E-state index is 6.19. The first kappa shape index (κ1) is 11.9. The molecule has 0 spiro atoms. The fourth-order valence-corrected chi connectivity index (χ4v) is 2.38. The lowest BCUT2D eigenvalue weighted by Gasteiger charge is -2.13. The van der Waals surface area contributed by atoms with Crippen LogP contribution < -0.4 is 5.32 Å². The molecule has 0 amide bonds. The molecule has 1 unspecified atom stereocenters. The highest BCUT2D eigenvalue weighted by Gasteiger charge is 2.07. The van der Waals surface area contributed by atoms with E-state index in [1.165, 1.54) is 4.90 Å². The molecule has 0 radical (unpaired) electrons. The Hall–Kier alpha value is -0.180. The summed E-state index contributed by atoms with van der Waals surface area (Å²) in [6.45, 7) is 4.25. The molecule has 0 saturated heterocycles. The Bertz CT molecular complexity index is 301. The monoisotopic (exact) mass is 229 g/mol. The van der Waals surface area contributed by atoms with Gasteiger partial charge in [-0.25, -0.2) is 0 Å². The first-order valence-corrected chi connectivity index (χ1v) is 6.15. The smallest absolute Gasteiger partial charge is 0.0464 e. The quantitative estimate of drug-likeness (QED) is 0.790. The number of hydrogen-bond acceptors (Lipinski definition) is 2. The topological polar surface area (TPSA) is 12.0 Å². The molecule has 0 aliphatic rings. The van der Waals surface area contributed by atoms with E-state index in [0.717, 1.165) is 16.3 Å². The predicted molar refractivity (Wildman–Crippen MR) is 65.3 cm³/mol. The van der Waals surface area contributed by atoms with Crippen molar-refractivity contribution in [2.75, 3.05) is 12.8 Å². The van der Waals surface area contributed by atoms with E-state index in [-0.39, 0.29) is 0 Å². The highest BCUT2D eigenvalue weighted by molar-refractivity contribution is 7.99. The Kier molecular flexibility index (Phi) is 4.79. The zero-order chi connectivity index (χ0) is 10.6. The average molecular weight is 230 g/mol. The molecule has 1 rings (SSSR count). The third-order valence-corrected chi connectivity index (χ3v) is 3.39. The molecule has 1 aromatic rings. The largest absolute Gasteiger partial charge is 0.313 e. The molecule has 0 aromatic heterocycles. The van der Waals surface area contributed by atoms with Crippen LogP contribution in [-0.2, 0) is 0 Å².